The zero-order chi connectivity index (χ0) is 13.9. The summed E-state index contributed by atoms with van der Waals surface area (Å²) in [6, 6.07) is 3.18. The number of carbonyl (C=O) groups is 1. The third-order valence-corrected chi connectivity index (χ3v) is 2.71. The molecule has 0 bridgehead atoms. The van der Waals surface area contributed by atoms with E-state index in [-0.39, 0.29) is 23.0 Å². The first-order chi connectivity index (χ1) is 8.42. The first kappa shape index (κ1) is 14.3. The third-order valence-electron chi connectivity index (χ3n) is 2.71. The number of carbonyl (C=O) groups excluding carboxylic acids is 1. The molecule has 0 aliphatic heterocycles. The number of hydrogen-bond donors (Lipinski definition) is 2. The zero-order valence-corrected chi connectivity index (χ0v) is 10.9. The highest BCUT2D eigenvalue weighted by Crippen LogP contribution is 2.37. The lowest BCUT2D eigenvalue weighted by Crippen LogP contribution is -2.15. The normalized spacial score (nSPS) is 12.3. The van der Waals surface area contributed by atoms with Crippen LogP contribution in [0, 0.1) is 0 Å². The molecule has 5 nitrogen and oxygen atoms in total. The van der Waals surface area contributed by atoms with Crippen molar-refractivity contribution in [3.63, 3.8) is 0 Å². The lowest BCUT2D eigenvalue weighted by molar-refractivity contribution is -0.150. The van der Waals surface area contributed by atoms with Crippen LogP contribution in [0.1, 0.15) is 37.0 Å². The molecule has 1 aromatic carbocycles. The second-order valence-electron chi connectivity index (χ2n) is 4.24. The van der Waals surface area contributed by atoms with Crippen LogP contribution in [0.2, 0.25) is 0 Å². The second-order valence-corrected chi connectivity index (χ2v) is 4.24. The summed E-state index contributed by atoms with van der Waals surface area (Å²) in [5.41, 5.74) is 0.999. The molecule has 2 N–H and O–H groups in total. The highest BCUT2D eigenvalue weighted by atomic mass is 16.5. The molecule has 5 heteroatoms. The Labute approximate surface area is 106 Å². The molecule has 0 aromatic heterocycles. The minimum atomic E-state index is -1.48. The zero-order valence-electron chi connectivity index (χ0n) is 10.9. The van der Waals surface area contributed by atoms with Crippen LogP contribution in [0.5, 0.6) is 11.5 Å². The van der Waals surface area contributed by atoms with Gasteiger partial charge in [0.1, 0.15) is 0 Å². The maximum Gasteiger partial charge on any atom is 0.339 e. The smallest absolute Gasteiger partial charge is 0.339 e. The number of hydrogen-bond acceptors (Lipinski definition) is 5. The molecular formula is C13H18O5. The number of aliphatic hydroxyl groups is 1. The van der Waals surface area contributed by atoms with Gasteiger partial charge < -0.3 is 19.7 Å². The van der Waals surface area contributed by atoms with E-state index in [1.54, 1.807) is 12.1 Å². The summed E-state index contributed by atoms with van der Waals surface area (Å²) in [6.45, 7) is 3.88. The van der Waals surface area contributed by atoms with E-state index in [4.69, 9.17) is 4.74 Å². The molecule has 0 aliphatic rings. The summed E-state index contributed by atoms with van der Waals surface area (Å²) in [6.07, 6.45) is -1.48. The molecular weight excluding hydrogens is 236 g/mol. The van der Waals surface area contributed by atoms with Crippen molar-refractivity contribution < 1.29 is 24.5 Å². The summed E-state index contributed by atoms with van der Waals surface area (Å²) in [5, 5.41) is 19.7. The van der Waals surface area contributed by atoms with Crippen molar-refractivity contribution in [2.24, 2.45) is 0 Å². The Balaban J connectivity index is 3.34. The predicted octanol–water partition coefficient (Wildman–Crippen LogP) is 1.73. The highest BCUT2D eigenvalue weighted by molar-refractivity contribution is 5.78. The average Bonchev–Trinajstić information content (AvgIpc) is 2.35. The van der Waals surface area contributed by atoms with Crippen LogP contribution in [0.4, 0.5) is 0 Å². The molecule has 0 radical (unpaired) electrons. The molecule has 18 heavy (non-hydrogen) atoms. The van der Waals surface area contributed by atoms with Gasteiger partial charge in [0.25, 0.3) is 0 Å². The molecule has 100 valence electrons. The lowest BCUT2D eigenvalue weighted by Gasteiger charge is -2.17. The van der Waals surface area contributed by atoms with Crippen molar-refractivity contribution in [1.82, 2.24) is 0 Å². The van der Waals surface area contributed by atoms with Gasteiger partial charge in [0.2, 0.25) is 0 Å². The number of benzene rings is 1. The van der Waals surface area contributed by atoms with E-state index in [1.165, 1.54) is 14.2 Å². The van der Waals surface area contributed by atoms with E-state index in [2.05, 4.69) is 4.74 Å². The van der Waals surface area contributed by atoms with Gasteiger partial charge in [-0.3, -0.25) is 0 Å². The maximum absolute atomic E-state index is 11.4. The van der Waals surface area contributed by atoms with Gasteiger partial charge in [0, 0.05) is 5.56 Å². The molecule has 0 fully saturated rings. The van der Waals surface area contributed by atoms with Crippen molar-refractivity contribution in [2.75, 3.05) is 14.2 Å². The highest BCUT2D eigenvalue weighted by Gasteiger charge is 2.25. The fourth-order valence-corrected chi connectivity index (χ4v) is 1.66. The van der Waals surface area contributed by atoms with E-state index in [0.717, 1.165) is 5.56 Å². The Bertz CT molecular complexity index is 439. The van der Waals surface area contributed by atoms with Crippen LogP contribution in [-0.4, -0.2) is 30.4 Å². The molecule has 0 amide bonds. The van der Waals surface area contributed by atoms with Crippen molar-refractivity contribution in [3.05, 3.63) is 23.3 Å². The van der Waals surface area contributed by atoms with E-state index >= 15 is 0 Å². The van der Waals surface area contributed by atoms with Crippen LogP contribution < -0.4 is 4.74 Å². The average molecular weight is 254 g/mol. The van der Waals surface area contributed by atoms with Crippen molar-refractivity contribution in [2.45, 2.75) is 25.9 Å². The SMILES string of the molecule is COC(=O)C(O)c1cc(C(C)C)cc(O)c1OC. The molecule has 1 unspecified atom stereocenters. The van der Waals surface area contributed by atoms with E-state index < -0.39 is 12.1 Å². The van der Waals surface area contributed by atoms with Crippen LogP contribution in [0.15, 0.2) is 12.1 Å². The first-order valence-electron chi connectivity index (χ1n) is 5.59. The van der Waals surface area contributed by atoms with Crippen molar-refractivity contribution in [3.8, 4) is 11.5 Å². The first-order valence-corrected chi connectivity index (χ1v) is 5.59. The predicted molar refractivity (Wildman–Crippen MR) is 65.7 cm³/mol. The van der Waals surface area contributed by atoms with Crippen molar-refractivity contribution in [1.29, 1.82) is 0 Å². The second kappa shape index (κ2) is 5.73. The number of esters is 1. The van der Waals surface area contributed by atoms with Crippen LogP contribution in [0.25, 0.3) is 0 Å². The minimum Gasteiger partial charge on any atom is -0.504 e. The number of aromatic hydroxyl groups is 1. The van der Waals surface area contributed by atoms with Gasteiger partial charge in [-0.15, -0.1) is 0 Å². The van der Waals surface area contributed by atoms with Gasteiger partial charge in [-0.25, -0.2) is 4.79 Å². The maximum atomic E-state index is 11.4. The number of rotatable bonds is 4. The Morgan fingerprint density at radius 1 is 1.28 bits per heavy atom. The molecule has 0 saturated carbocycles. The Hall–Kier alpha value is -1.75. The fourth-order valence-electron chi connectivity index (χ4n) is 1.66. The van der Waals surface area contributed by atoms with Gasteiger partial charge in [-0.2, -0.15) is 0 Å². The quantitative estimate of drug-likeness (QED) is 0.800. The van der Waals surface area contributed by atoms with E-state index in [0.29, 0.717) is 0 Å². The molecule has 1 atom stereocenters. The summed E-state index contributed by atoms with van der Waals surface area (Å²) < 4.78 is 9.49. The van der Waals surface area contributed by atoms with Crippen molar-refractivity contribution >= 4 is 5.97 Å². The number of methoxy groups -OCH3 is 2. The lowest BCUT2D eigenvalue weighted by atomic mass is 9.97. The Kier molecular flexibility index (Phi) is 4.55. The minimum absolute atomic E-state index is 0.0808. The third kappa shape index (κ3) is 2.73. The number of phenols is 1. The van der Waals surface area contributed by atoms with Crippen LogP contribution in [-0.2, 0) is 9.53 Å². The van der Waals surface area contributed by atoms with Gasteiger partial charge in [-0.1, -0.05) is 13.8 Å². The summed E-state index contributed by atoms with van der Waals surface area (Å²) in [7, 11) is 2.54. The topological polar surface area (TPSA) is 76.0 Å². The van der Waals surface area contributed by atoms with Gasteiger partial charge in [0.15, 0.2) is 17.6 Å². The number of aliphatic hydroxyl groups excluding tert-OH is 1. The van der Waals surface area contributed by atoms with Crippen LogP contribution in [0.3, 0.4) is 0 Å². The molecule has 0 aliphatic carbocycles. The van der Waals surface area contributed by atoms with E-state index in [9.17, 15) is 15.0 Å². The van der Waals surface area contributed by atoms with E-state index in [1.807, 2.05) is 13.8 Å². The monoisotopic (exact) mass is 254 g/mol. The Morgan fingerprint density at radius 2 is 1.89 bits per heavy atom. The standard InChI is InChI=1S/C13H18O5/c1-7(2)8-5-9(11(15)13(16)18-4)12(17-3)10(14)6-8/h5-7,11,14-15H,1-4H3. The summed E-state index contributed by atoms with van der Waals surface area (Å²) >= 11 is 0. The molecule has 0 heterocycles. The molecule has 1 aromatic rings. The molecule has 0 saturated heterocycles. The van der Waals surface area contributed by atoms with Gasteiger partial charge >= 0.3 is 5.97 Å². The fraction of sp³-hybridized carbons (Fsp3) is 0.462. The van der Waals surface area contributed by atoms with Gasteiger partial charge in [-0.05, 0) is 23.6 Å². The molecule has 1 rings (SSSR count). The summed E-state index contributed by atoms with van der Waals surface area (Å²) in [4.78, 5) is 11.4. The Morgan fingerprint density at radius 3 is 2.33 bits per heavy atom. The largest absolute Gasteiger partial charge is 0.504 e. The number of phenolic OH excluding ortho intramolecular Hbond substituents is 1. The molecule has 0 spiro atoms. The van der Waals surface area contributed by atoms with Gasteiger partial charge in [0.05, 0.1) is 14.2 Å². The van der Waals surface area contributed by atoms with Crippen LogP contribution >= 0.6 is 0 Å². The number of ether oxygens (including phenoxy) is 2. The summed E-state index contributed by atoms with van der Waals surface area (Å²) in [5.74, 6) is -0.682.